The van der Waals surface area contributed by atoms with E-state index in [4.69, 9.17) is 0 Å². The third-order valence-electron chi connectivity index (χ3n) is 3.38. The summed E-state index contributed by atoms with van der Waals surface area (Å²) in [6.07, 6.45) is 7.34. The highest BCUT2D eigenvalue weighted by molar-refractivity contribution is 5.02. The van der Waals surface area contributed by atoms with Gasteiger partial charge in [-0.2, -0.15) is 0 Å². The molecule has 0 aliphatic carbocycles. The van der Waals surface area contributed by atoms with E-state index in [-0.39, 0.29) is 0 Å². The van der Waals surface area contributed by atoms with E-state index in [1.54, 1.807) is 0 Å². The predicted octanol–water partition coefficient (Wildman–Crippen LogP) is 0.579. The van der Waals surface area contributed by atoms with Gasteiger partial charge in [0.2, 0.25) is 0 Å². The molecule has 6 nitrogen and oxygen atoms in total. The zero-order valence-electron chi connectivity index (χ0n) is 10.6. The first-order valence-corrected chi connectivity index (χ1v) is 6.44. The lowest BCUT2D eigenvalue weighted by molar-refractivity contribution is 0.499. The molecule has 0 saturated carbocycles. The number of aryl methyl sites for hydroxylation is 1. The highest BCUT2D eigenvalue weighted by Crippen LogP contribution is 2.15. The van der Waals surface area contributed by atoms with Gasteiger partial charge < -0.3 is 14.5 Å². The summed E-state index contributed by atoms with van der Waals surface area (Å²) >= 11 is 0. The zero-order valence-corrected chi connectivity index (χ0v) is 10.6. The summed E-state index contributed by atoms with van der Waals surface area (Å²) in [5.74, 6) is 3.21. The van der Waals surface area contributed by atoms with Gasteiger partial charge in [0.1, 0.15) is 11.6 Å². The molecule has 2 aromatic rings. The Morgan fingerprint density at radius 2 is 2.22 bits per heavy atom. The standard InChI is InChI=1S/C12H18N6/c1-13-8-11-14-5-7-17(11)9-12-16-15-10-4-2-3-6-18(10)12/h5,7,13H,2-4,6,8-9H2,1H3. The molecular formula is C12H18N6. The molecule has 1 N–H and O–H groups in total. The number of nitrogens with one attached hydrogen (secondary N) is 1. The average molecular weight is 246 g/mol. The molecule has 6 heteroatoms. The second kappa shape index (κ2) is 4.89. The summed E-state index contributed by atoms with van der Waals surface area (Å²) in [5.41, 5.74) is 0. The maximum atomic E-state index is 4.34. The van der Waals surface area contributed by atoms with Crippen molar-refractivity contribution >= 4 is 0 Å². The molecule has 18 heavy (non-hydrogen) atoms. The minimum atomic E-state index is 0.754. The van der Waals surface area contributed by atoms with Gasteiger partial charge >= 0.3 is 0 Å². The summed E-state index contributed by atoms with van der Waals surface area (Å²) < 4.78 is 4.38. The van der Waals surface area contributed by atoms with Gasteiger partial charge in [0, 0.05) is 25.4 Å². The Bertz CT molecular complexity index is 526. The highest BCUT2D eigenvalue weighted by Gasteiger charge is 2.16. The van der Waals surface area contributed by atoms with E-state index >= 15 is 0 Å². The van der Waals surface area contributed by atoms with E-state index in [1.807, 2.05) is 19.4 Å². The minimum Gasteiger partial charge on any atom is -0.326 e. The van der Waals surface area contributed by atoms with Crippen LogP contribution < -0.4 is 5.32 Å². The molecule has 3 heterocycles. The first-order valence-electron chi connectivity index (χ1n) is 6.44. The SMILES string of the molecule is CNCc1nccn1Cc1nnc2n1CCCC2. The predicted molar refractivity (Wildman–Crippen MR) is 67.1 cm³/mol. The van der Waals surface area contributed by atoms with Crippen LogP contribution in [0.5, 0.6) is 0 Å². The molecule has 96 valence electrons. The first-order chi connectivity index (χ1) is 8.88. The first kappa shape index (κ1) is 11.4. The molecular weight excluding hydrogens is 228 g/mol. The van der Waals surface area contributed by atoms with Gasteiger partial charge in [0.15, 0.2) is 5.82 Å². The molecule has 0 spiro atoms. The normalized spacial score (nSPS) is 14.7. The van der Waals surface area contributed by atoms with Gasteiger partial charge in [-0.25, -0.2) is 4.98 Å². The number of imidazole rings is 1. The van der Waals surface area contributed by atoms with Crippen LogP contribution >= 0.6 is 0 Å². The van der Waals surface area contributed by atoms with Crippen molar-refractivity contribution in [2.24, 2.45) is 0 Å². The van der Waals surface area contributed by atoms with E-state index in [1.165, 1.54) is 12.8 Å². The van der Waals surface area contributed by atoms with Crippen molar-refractivity contribution in [3.63, 3.8) is 0 Å². The second-order valence-corrected chi connectivity index (χ2v) is 4.64. The van der Waals surface area contributed by atoms with Crippen molar-refractivity contribution in [1.82, 2.24) is 29.6 Å². The summed E-state index contributed by atoms with van der Waals surface area (Å²) in [6, 6.07) is 0. The van der Waals surface area contributed by atoms with Gasteiger partial charge in [-0.1, -0.05) is 0 Å². The molecule has 0 unspecified atom stereocenters. The molecule has 0 amide bonds. The number of rotatable bonds is 4. The smallest absolute Gasteiger partial charge is 0.153 e. The fraction of sp³-hybridized carbons (Fsp3) is 0.583. The lowest BCUT2D eigenvalue weighted by Gasteiger charge is -2.15. The maximum Gasteiger partial charge on any atom is 0.153 e. The van der Waals surface area contributed by atoms with E-state index in [0.717, 1.165) is 43.5 Å². The topological polar surface area (TPSA) is 60.6 Å². The minimum absolute atomic E-state index is 0.754. The molecule has 3 rings (SSSR count). The van der Waals surface area contributed by atoms with Crippen LogP contribution in [-0.4, -0.2) is 31.4 Å². The van der Waals surface area contributed by atoms with Crippen molar-refractivity contribution in [3.05, 3.63) is 29.9 Å². The molecule has 0 fully saturated rings. The molecule has 0 bridgehead atoms. The van der Waals surface area contributed by atoms with Crippen molar-refractivity contribution in [2.45, 2.75) is 38.9 Å². The van der Waals surface area contributed by atoms with Crippen LogP contribution in [0.3, 0.4) is 0 Å². The van der Waals surface area contributed by atoms with Gasteiger partial charge in [-0.05, 0) is 19.9 Å². The van der Waals surface area contributed by atoms with Crippen LogP contribution in [0.15, 0.2) is 12.4 Å². The number of nitrogens with zero attached hydrogens (tertiary/aromatic N) is 5. The van der Waals surface area contributed by atoms with Crippen LogP contribution in [-0.2, 0) is 26.1 Å². The number of hydrogen-bond acceptors (Lipinski definition) is 4. The average Bonchev–Trinajstić information content (AvgIpc) is 2.99. The van der Waals surface area contributed by atoms with Gasteiger partial charge in [0.25, 0.3) is 0 Å². The molecule has 1 aliphatic heterocycles. The Morgan fingerprint density at radius 3 is 3.11 bits per heavy atom. The summed E-state index contributed by atoms with van der Waals surface area (Å²) in [5, 5.41) is 11.7. The highest BCUT2D eigenvalue weighted by atomic mass is 15.3. The molecule has 2 aromatic heterocycles. The van der Waals surface area contributed by atoms with Crippen molar-refractivity contribution in [1.29, 1.82) is 0 Å². The van der Waals surface area contributed by atoms with Crippen molar-refractivity contribution < 1.29 is 0 Å². The van der Waals surface area contributed by atoms with Crippen LogP contribution in [0, 0.1) is 0 Å². The summed E-state index contributed by atoms with van der Waals surface area (Å²) in [7, 11) is 1.93. The number of fused-ring (bicyclic) bond motifs is 1. The Labute approximate surface area is 106 Å². The molecule has 0 radical (unpaired) electrons. The third-order valence-corrected chi connectivity index (χ3v) is 3.38. The Balaban J connectivity index is 1.83. The van der Waals surface area contributed by atoms with Crippen LogP contribution in [0.2, 0.25) is 0 Å². The second-order valence-electron chi connectivity index (χ2n) is 4.64. The maximum absolute atomic E-state index is 4.34. The van der Waals surface area contributed by atoms with Gasteiger partial charge in [-0.3, -0.25) is 0 Å². The Morgan fingerprint density at radius 1 is 1.28 bits per heavy atom. The molecule has 0 atom stereocenters. The summed E-state index contributed by atoms with van der Waals surface area (Å²) in [4.78, 5) is 4.34. The van der Waals surface area contributed by atoms with Crippen LogP contribution in [0.25, 0.3) is 0 Å². The van der Waals surface area contributed by atoms with E-state index in [2.05, 4.69) is 29.6 Å². The van der Waals surface area contributed by atoms with E-state index in [9.17, 15) is 0 Å². The molecule has 0 aromatic carbocycles. The van der Waals surface area contributed by atoms with Crippen molar-refractivity contribution in [2.75, 3.05) is 7.05 Å². The number of hydrogen-bond donors (Lipinski definition) is 1. The Hall–Kier alpha value is -1.69. The van der Waals surface area contributed by atoms with Crippen LogP contribution in [0.1, 0.15) is 30.3 Å². The molecule has 1 aliphatic rings. The van der Waals surface area contributed by atoms with Gasteiger partial charge in [0.05, 0.1) is 13.1 Å². The Kier molecular flexibility index (Phi) is 3.10. The monoisotopic (exact) mass is 246 g/mol. The molecule has 0 saturated heterocycles. The quantitative estimate of drug-likeness (QED) is 0.857. The van der Waals surface area contributed by atoms with Crippen molar-refractivity contribution in [3.8, 4) is 0 Å². The summed E-state index contributed by atoms with van der Waals surface area (Å²) in [6.45, 7) is 2.58. The van der Waals surface area contributed by atoms with Gasteiger partial charge in [-0.15, -0.1) is 10.2 Å². The number of aromatic nitrogens is 5. The fourth-order valence-corrected chi connectivity index (χ4v) is 2.45. The van der Waals surface area contributed by atoms with Crippen LogP contribution in [0.4, 0.5) is 0 Å². The van der Waals surface area contributed by atoms with E-state index < -0.39 is 0 Å². The largest absolute Gasteiger partial charge is 0.326 e. The zero-order chi connectivity index (χ0) is 12.4. The van der Waals surface area contributed by atoms with E-state index in [0.29, 0.717) is 0 Å². The lowest BCUT2D eigenvalue weighted by atomic mass is 10.2. The fourth-order valence-electron chi connectivity index (χ4n) is 2.45. The third kappa shape index (κ3) is 2.03. The lowest BCUT2D eigenvalue weighted by Crippen LogP contribution is -2.17.